The molecule has 0 bridgehead atoms. The summed E-state index contributed by atoms with van der Waals surface area (Å²) >= 11 is 0. The average Bonchev–Trinajstić information content (AvgIpc) is 3.08. The highest BCUT2D eigenvalue weighted by Gasteiger charge is 2.37. The molecular formula is C14H25N3. The first-order valence-corrected chi connectivity index (χ1v) is 6.99. The van der Waals surface area contributed by atoms with Gasteiger partial charge in [-0.15, -0.1) is 0 Å². The van der Waals surface area contributed by atoms with Crippen molar-refractivity contribution in [1.29, 1.82) is 5.26 Å². The van der Waals surface area contributed by atoms with Crippen LogP contribution in [0.25, 0.3) is 0 Å². The van der Waals surface area contributed by atoms with Crippen LogP contribution in [0.2, 0.25) is 0 Å². The summed E-state index contributed by atoms with van der Waals surface area (Å²) in [5, 5.41) is 12.9. The van der Waals surface area contributed by atoms with Gasteiger partial charge in [0.2, 0.25) is 0 Å². The molecule has 1 saturated heterocycles. The van der Waals surface area contributed by atoms with E-state index in [4.69, 9.17) is 0 Å². The Morgan fingerprint density at radius 3 is 2.29 bits per heavy atom. The standard InChI is InChI=1S/C14H25N3/c1-11-5-4-6-12(2)17(11)10-14(3,9-15)16-13-7-8-13/h11-13,16H,4-8,10H2,1-3H3. The zero-order chi connectivity index (χ0) is 12.5. The maximum atomic E-state index is 9.43. The maximum absolute atomic E-state index is 9.43. The smallest absolute Gasteiger partial charge is 0.116 e. The minimum atomic E-state index is -0.374. The molecule has 0 aromatic heterocycles. The third kappa shape index (κ3) is 3.20. The molecule has 2 fully saturated rings. The highest BCUT2D eigenvalue weighted by Crippen LogP contribution is 2.27. The normalized spacial score (nSPS) is 34.0. The summed E-state index contributed by atoms with van der Waals surface area (Å²) < 4.78 is 0. The predicted octanol–water partition coefficient (Wildman–Crippen LogP) is 2.28. The lowest BCUT2D eigenvalue weighted by molar-refractivity contribution is 0.0811. The molecular weight excluding hydrogens is 210 g/mol. The maximum Gasteiger partial charge on any atom is 0.116 e. The zero-order valence-corrected chi connectivity index (χ0v) is 11.4. The molecule has 0 amide bonds. The molecule has 3 nitrogen and oxygen atoms in total. The van der Waals surface area contributed by atoms with Crippen molar-refractivity contribution in [2.75, 3.05) is 6.54 Å². The molecule has 2 rings (SSSR count). The third-order valence-electron chi connectivity index (χ3n) is 4.22. The van der Waals surface area contributed by atoms with Gasteiger partial charge < -0.3 is 0 Å². The molecule has 0 aromatic carbocycles. The molecule has 0 radical (unpaired) electrons. The Bertz CT molecular complexity index is 295. The first-order chi connectivity index (χ1) is 8.04. The van der Waals surface area contributed by atoms with Crippen LogP contribution in [0.5, 0.6) is 0 Å². The van der Waals surface area contributed by atoms with Crippen LogP contribution in [0.1, 0.15) is 52.9 Å². The Morgan fingerprint density at radius 1 is 1.24 bits per heavy atom. The van der Waals surface area contributed by atoms with Gasteiger partial charge in [0.25, 0.3) is 0 Å². The number of hydrogen-bond acceptors (Lipinski definition) is 3. The molecule has 1 saturated carbocycles. The molecule has 3 atom stereocenters. The van der Waals surface area contributed by atoms with Gasteiger partial charge in [-0.1, -0.05) is 6.42 Å². The molecule has 1 N–H and O–H groups in total. The number of piperidine rings is 1. The molecule has 3 unspecified atom stereocenters. The highest BCUT2D eigenvalue weighted by molar-refractivity contribution is 5.09. The van der Waals surface area contributed by atoms with Gasteiger partial charge in [0.05, 0.1) is 6.07 Å². The van der Waals surface area contributed by atoms with Crippen LogP contribution in [0.4, 0.5) is 0 Å². The van der Waals surface area contributed by atoms with Crippen molar-refractivity contribution in [3.8, 4) is 6.07 Å². The Morgan fingerprint density at radius 2 is 1.82 bits per heavy atom. The summed E-state index contributed by atoms with van der Waals surface area (Å²) in [6, 6.07) is 4.31. The van der Waals surface area contributed by atoms with Crippen LogP contribution in [-0.2, 0) is 0 Å². The molecule has 96 valence electrons. The SMILES string of the molecule is CC1CCCC(C)N1CC(C)(C#N)NC1CC1. The molecule has 1 aliphatic carbocycles. The molecule has 17 heavy (non-hydrogen) atoms. The van der Waals surface area contributed by atoms with Gasteiger partial charge >= 0.3 is 0 Å². The first kappa shape index (κ1) is 12.9. The number of nitriles is 1. The second-order valence-electron chi connectivity index (χ2n) is 6.16. The Kier molecular flexibility index (Phi) is 3.75. The number of likely N-dealkylation sites (tertiary alicyclic amines) is 1. The van der Waals surface area contributed by atoms with Crippen molar-refractivity contribution in [3.63, 3.8) is 0 Å². The quantitative estimate of drug-likeness (QED) is 0.812. The van der Waals surface area contributed by atoms with Crippen LogP contribution >= 0.6 is 0 Å². The van der Waals surface area contributed by atoms with Gasteiger partial charge in [0, 0.05) is 24.7 Å². The van der Waals surface area contributed by atoms with Gasteiger partial charge in [-0.25, -0.2) is 0 Å². The summed E-state index contributed by atoms with van der Waals surface area (Å²) in [4.78, 5) is 2.52. The van der Waals surface area contributed by atoms with Crippen molar-refractivity contribution in [2.24, 2.45) is 0 Å². The molecule has 3 heteroatoms. The molecule has 0 spiro atoms. The van der Waals surface area contributed by atoms with Crippen molar-refractivity contribution < 1.29 is 0 Å². The van der Waals surface area contributed by atoms with Gasteiger partial charge in [-0.05, 0) is 46.5 Å². The van der Waals surface area contributed by atoms with E-state index in [9.17, 15) is 5.26 Å². The Labute approximate surface area is 105 Å². The second kappa shape index (κ2) is 4.96. The average molecular weight is 235 g/mol. The largest absolute Gasteiger partial charge is 0.296 e. The molecule has 0 aromatic rings. The van der Waals surface area contributed by atoms with E-state index >= 15 is 0 Å². The Balaban J connectivity index is 1.98. The fourth-order valence-electron chi connectivity index (χ4n) is 2.94. The van der Waals surface area contributed by atoms with Gasteiger partial charge in [0.1, 0.15) is 5.54 Å². The van der Waals surface area contributed by atoms with Crippen molar-refractivity contribution in [1.82, 2.24) is 10.2 Å². The van der Waals surface area contributed by atoms with Crippen LogP contribution in [0.15, 0.2) is 0 Å². The van der Waals surface area contributed by atoms with Crippen LogP contribution in [0.3, 0.4) is 0 Å². The first-order valence-electron chi connectivity index (χ1n) is 6.99. The third-order valence-corrected chi connectivity index (χ3v) is 4.22. The lowest BCUT2D eigenvalue weighted by Gasteiger charge is -2.42. The van der Waals surface area contributed by atoms with Crippen LogP contribution < -0.4 is 5.32 Å². The van der Waals surface area contributed by atoms with Gasteiger partial charge in [-0.2, -0.15) is 5.26 Å². The predicted molar refractivity (Wildman–Crippen MR) is 69.7 cm³/mol. The van der Waals surface area contributed by atoms with Gasteiger partial charge in [-0.3, -0.25) is 10.2 Å². The molecule has 1 heterocycles. The summed E-state index contributed by atoms with van der Waals surface area (Å²) in [5.74, 6) is 0. The number of nitrogens with zero attached hydrogens (tertiary/aromatic N) is 2. The molecule has 1 aliphatic heterocycles. The van der Waals surface area contributed by atoms with Crippen molar-refractivity contribution in [3.05, 3.63) is 0 Å². The fourth-order valence-corrected chi connectivity index (χ4v) is 2.94. The van der Waals surface area contributed by atoms with E-state index in [0.717, 1.165) is 6.54 Å². The van der Waals surface area contributed by atoms with Crippen molar-refractivity contribution >= 4 is 0 Å². The zero-order valence-electron chi connectivity index (χ0n) is 11.4. The van der Waals surface area contributed by atoms with Crippen molar-refractivity contribution in [2.45, 2.75) is 76.5 Å². The highest BCUT2D eigenvalue weighted by atomic mass is 15.2. The summed E-state index contributed by atoms with van der Waals surface area (Å²) in [6.45, 7) is 7.51. The van der Waals surface area contributed by atoms with E-state index in [2.05, 4.69) is 37.1 Å². The van der Waals surface area contributed by atoms with Crippen LogP contribution in [0, 0.1) is 11.3 Å². The van der Waals surface area contributed by atoms with E-state index in [-0.39, 0.29) is 5.54 Å². The van der Waals surface area contributed by atoms with E-state index in [1.165, 1.54) is 32.1 Å². The summed E-state index contributed by atoms with van der Waals surface area (Å²) in [6.07, 6.45) is 6.35. The Hall–Kier alpha value is -0.590. The van der Waals surface area contributed by atoms with Gasteiger partial charge in [0.15, 0.2) is 0 Å². The van der Waals surface area contributed by atoms with Crippen LogP contribution in [-0.4, -0.2) is 35.1 Å². The number of rotatable bonds is 4. The van der Waals surface area contributed by atoms with E-state index in [1.54, 1.807) is 0 Å². The molecule has 2 aliphatic rings. The minimum absolute atomic E-state index is 0.374. The fraction of sp³-hybridized carbons (Fsp3) is 0.929. The number of hydrogen-bond donors (Lipinski definition) is 1. The second-order valence-corrected chi connectivity index (χ2v) is 6.16. The summed E-state index contributed by atoms with van der Waals surface area (Å²) in [7, 11) is 0. The minimum Gasteiger partial charge on any atom is -0.296 e. The van der Waals surface area contributed by atoms with E-state index in [0.29, 0.717) is 18.1 Å². The topological polar surface area (TPSA) is 39.1 Å². The number of nitrogens with one attached hydrogen (secondary N) is 1. The van der Waals surface area contributed by atoms with E-state index < -0.39 is 0 Å². The lowest BCUT2D eigenvalue weighted by atomic mass is 9.93. The lowest BCUT2D eigenvalue weighted by Crippen LogP contribution is -2.56. The van der Waals surface area contributed by atoms with E-state index in [1.807, 2.05) is 0 Å². The monoisotopic (exact) mass is 235 g/mol. The summed E-state index contributed by atoms with van der Waals surface area (Å²) in [5.41, 5.74) is -0.374.